The highest BCUT2D eigenvalue weighted by Gasteiger charge is 2.23. The van der Waals surface area contributed by atoms with Crippen LogP contribution in [0.4, 0.5) is 5.69 Å². The third-order valence-corrected chi connectivity index (χ3v) is 5.17. The molecule has 1 fully saturated rings. The van der Waals surface area contributed by atoms with E-state index in [1.165, 1.54) is 17.9 Å². The number of pyridine rings is 1. The summed E-state index contributed by atoms with van der Waals surface area (Å²) >= 11 is 2.07. The average Bonchev–Trinajstić information content (AvgIpc) is 2.59. The maximum absolute atomic E-state index is 6.00. The summed E-state index contributed by atoms with van der Waals surface area (Å²) in [5.41, 5.74) is 8.23. The standard InChI is InChI=1S/C15H25N3S/c1-4-13(16)14-6-5-12(11-17-14)18-8-7-15(2,3)19-10-9-18/h5-6,11,13H,4,7-10,16H2,1-3H3/t13-/m1/s1. The van der Waals surface area contributed by atoms with Crippen LogP contribution < -0.4 is 10.6 Å². The molecule has 0 unspecified atom stereocenters. The van der Waals surface area contributed by atoms with Crippen LogP contribution in [0.3, 0.4) is 0 Å². The fourth-order valence-corrected chi connectivity index (χ4v) is 3.39. The number of rotatable bonds is 3. The van der Waals surface area contributed by atoms with Crippen molar-refractivity contribution in [3.8, 4) is 0 Å². The molecular formula is C15H25N3S. The molecule has 1 aliphatic rings. The average molecular weight is 279 g/mol. The normalized spacial score (nSPS) is 20.9. The molecule has 2 heterocycles. The second kappa shape index (κ2) is 6.14. The van der Waals surface area contributed by atoms with E-state index in [1.807, 2.05) is 6.20 Å². The number of thioether (sulfide) groups is 1. The second-order valence-electron chi connectivity index (χ2n) is 5.80. The zero-order chi connectivity index (χ0) is 13.9. The highest BCUT2D eigenvalue weighted by Crippen LogP contribution is 2.32. The van der Waals surface area contributed by atoms with Gasteiger partial charge in [0.25, 0.3) is 0 Å². The van der Waals surface area contributed by atoms with Gasteiger partial charge in [0.1, 0.15) is 0 Å². The maximum Gasteiger partial charge on any atom is 0.0572 e. The topological polar surface area (TPSA) is 42.1 Å². The molecule has 0 saturated carbocycles. The predicted molar refractivity (Wildman–Crippen MR) is 84.8 cm³/mol. The Morgan fingerprint density at radius 2 is 2.21 bits per heavy atom. The molecular weight excluding hydrogens is 254 g/mol. The lowest BCUT2D eigenvalue weighted by Crippen LogP contribution is -2.27. The van der Waals surface area contributed by atoms with Gasteiger partial charge in [0, 0.05) is 29.6 Å². The Kier molecular flexibility index (Phi) is 4.74. The number of nitrogens with zero attached hydrogens (tertiary/aromatic N) is 2. The lowest BCUT2D eigenvalue weighted by atomic mass is 10.1. The Labute approximate surface area is 121 Å². The van der Waals surface area contributed by atoms with E-state index in [0.29, 0.717) is 4.75 Å². The highest BCUT2D eigenvalue weighted by molar-refractivity contribution is 8.00. The zero-order valence-electron chi connectivity index (χ0n) is 12.2. The third kappa shape index (κ3) is 3.86. The molecule has 1 saturated heterocycles. The first-order chi connectivity index (χ1) is 9.02. The van der Waals surface area contributed by atoms with Crippen LogP contribution in [-0.4, -0.2) is 28.6 Å². The lowest BCUT2D eigenvalue weighted by Gasteiger charge is -2.24. The van der Waals surface area contributed by atoms with Crippen LogP contribution in [-0.2, 0) is 0 Å². The quantitative estimate of drug-likeness (QED) is 0.922. The van der Waals surface area contributed by atoms with Crippen molar-refractivity contribution in [2.45, 2.75) is 44.4 Å². The Balaban J connectivity index is 2.05. The van der Waals surface area contributed by atoms with Crippen molar-refractivity contribution < 1.29 is 0 Å². The first kappa shape index (κ1) is 14.7. The van der Waals surface area contributed by atoms with Gasteiger partial charge in [-0.05, 0) is 25.0 Å². The van der Waals surface area contributed by atoms with Gasteiger partial charge in [0.05, 0.1) is 17.6 Å². The summed E-state index contributed by atoms with van der Waals surface area (Å²) in [6.45, 7) is 8.98. The van der Waals surface area contributed by atoms with Crippen LogP contribution in [0.15, 0.2) is 18.3 Å². The monoisotopic (exact) mass is 279 g/mol. The van der Waals surface area contributed by atoms with Crippen LogP contribution in [0.2, 0.25) is 0 Å². The van der Waals surface area contributed by atoms with Crippen molar-refractivity contribution in [2.75, 3.05) is 23.7 Å². The summed E-state index contributed by atoms with van der Waals surface area (Å²) in [6.07, 6.45) is 4.13. The van der Waals surface area contributed by atoms with Gasteiger partial charge in [0.2, 0.25) is 0 Å². The molecule has 0 bridgehead atoms. The molecule has 0 aliphatic carbocycles. The van der Waals surface area contributed by atoms with Crippen molar-refractivity contribution in [3.05, 3.63) is 24.0 Å². The van der Waals surface area contributed by atoms with Crippen LogP contribution in [0.1, 0.15) is 45.3 Å². The smallest absolute Gasteiger partial charge is 0.0572 e. The van der Waals surface area contributed by atoms with Gasteiger partial charge in [-0.2, -0.15) is 11.8 Å². The van der Waals surface area contributed by atoms with Crippen molar-refractivity contribution in [3.63, 3.8) is 0 Å². The largest absolute Gasteiger partial charge is 0.369 e. The SMILES string of the molecule is CC[C@@H](N)c1ccc(N2CCSC(C)(C)CC2)cn1. The fourth-order valence-electron chi connectivity index (χ4n) is 2.29. The third-order valence-electron chi connectivity index (χ3n) is 3.79. The number of nitrogens with two attached hydrogens (primary N) is 1. The van der Waals surface area contributed by atoms with Gasteiger partial charge in [-0.3, -0.25) is 4.98 Å². The van der Waals surface area contributed by atoms with E-state index < -0.39 is 0 Å². The summed E-state index contributed by atoms with van der Waals surface area (Å²) in [5.74, 6) is 1.18. The van der Waals surface area contributed by atoms with E-state index in [-0.39, 0.29) is 6.04 Å². The minimum absolute atomic E-state index is 0.0627. The molecule has 0 radical (unpaired) electrons. The number of hydrogen-bond acceptors (Lipinski definition) is 4. The second-order valence-corrected chi connectivity index (χ2v) is 7.60. The van der Waals surface area contributed by atoms with Gasteiger partial charge < -0.3 is 10.6 Å². The van der Waals surface area contributed by atoms with Gasteiger partial charge >= 0.3 is 0 Å². The van der Waals surface area contributed by atoms with E-state index in [1.54, 1.807) is 0 Å². The van der Waals surface area contributed by atoms with Crippen molar-refractivity contribution in [2.24, 2.45) is 5.73 Å². The first-order valence-electron chi connectivity index (χ1n) is 7.12. The first-order valence-corrected chi connectivity index (χ1v) is 8.11. The summed E-state index contributed by atoms with van der Waals surface area (Å²) in [7, 11) is 0. The summed E-state index contributed by atoms with van der Waals surface area (Å²) in [4.78, 5) is 6.96. The zero-order valence-corrected chi connectivity index (χ0v) is 13.0. The molecule has 2 N–H and O–H groups in total. The molecule has 1 aromatic heterocycles. The van der Waals surface area contributed by atoms with Crippen LogP contribution in [0.25, 0.3) is 0 Å². The molecule has 0 spiro atoms. The van der Waals surface area contributed by atoms with Gasteiger partial charge in [-0.25, -0.2) is 0 Å². The molecule has 1 aliphatic heterocycles. The molecule has 19 heavy (non-hydrogen) atoms. The van der Waals surface area contributed by atoms with Crippen molar-refractivity contribution in [1.29, 1.82) is 0 Å². The maximum atomic E-state index is 6.00. The Bertz CT molecular complexity index is 402. The van der Waals surface area contributed by atoms with Gasteiger partial charge in [-0.1, -0.05) is 20.8 Å². The Hall–Kier alpha value is -0.740. The van der Waals surface area contributed by atoms with E-state index in [9.17, 15) is 0 Å². The van der Waals surface area contributed by atoms with Crippen LogP contribution in [0.5, 0.6) is 0 Å². The van der Waals surface area contributed by atoms with Gasteiger partial charge in [-0.15, -0.1) is 0 Å². The summed E-state index contributed by atoms with van der Waals surface area (Å²) < 4.78 is 0.396. The van der Waals surface area contributed by atoms with E-state index >= 15 is 0 Å². The molecule has 106 valence electrons. The minimum Gasteiger partial charge on any atom is -0.369 e. The van der Waals surface area contributed by atoms with Crippen LogP contribution >= 0.6 is 11.8 Å². The van der Waals surface area contributed by atoms with Crippen molar-refractivity contribution in [1.82, 2.24) is 4.98 Å². The fraction of sp³-hybridized carbons (Fsp3) is 0.667. The van der Waals surface area contributed by atoms with Crippen LogP contribution in [0, 0.1) is 0 Å². The Morgan fingerprint density at radius 3 is 2.84 bits per heavy atom. The number of hydrogen-bond donors (Lipinski definition) is 1. The Morgan fingerprint density at radius 1 is 1.42 bits per heavy atom. The summed E-state index contributed by atoms with van der Waals surface area (Å²) in [5, 5.41) is 0. The van der Waals surface area contributed by atoms with E-state index in [2.05, 4.69) is 54.5 Å². The minimum atomic E-state index is 0.0627. The number of aromatic nitrogens is 1. The molecule has 2 rings (SSSR count). The molecule has 0 amide bonds. The predicted octanol–water partition coefficient (Wildman–Crippen LogP) is 3.21. The van der Waals surface area contributed by atoms with Crippen molar-refractivity contribution >= 4 is 17.4 Å². The lowest BCUT2D eigenvalue weighted by molar-refractivity contribution is 0.636. The van der Waals surface area contributed by atoms with Gasteiger partial charge in [0.15, 0.2) is 0 Å². The molecule has 1 atom stereocenters. The highest BCUT2D eigenvalue weighted by atomic mass is 32.2. The van der Waals surface area contributed by atoms with E-state index in [0.717, 1.165) is 25.2 Å². The molecule has 0 aromatic carbocycles. The van der Waals surface area contributed by atoms with E-state index in [4.69, 9.17) is 5.73 Å². The molecule has 3 nitrogen and oxygen atoms in total. The summed E-state index contributed by atoms with van der Waals surface area (Å²) in [6, 6.07) is 4.31. The molecule has 4 heteroatoms. The number of anilines is 1. The molecule has 1 aromatic rings.